The second kappa shape index (κ2) is 11.9. The van der Waals surface area contributed by atoms with Crippen LogP contribution in [0.5, 0.6) is 0 Å². The van der Waals surface area contributed by atoms with Crippen molar-refractivity contribution in [3.05, 3.63) is 42.0 Å². The van der Waals surface area contributed by atoms with E-state index in [-0.39, 0.29) is 17.6 Å². The molecule has 0 radical (unpaired) electrons. The van der Waals surface area contributed by atoms with Crippen molar-refractivity contribution in [3.8, 4) is 0 Å². The number of halogens is 4. The fourth-order valence-corrected chi connectivity index (χ4v) is 3.76. The lowest BCUT2D eigenvalue weighted by Crippen LogP contribution is -2.37. The zero-order valence-electron chi connectivity index (χ0n) is 19.2. The first-order valence-corrected chi connectivity index (χ1v) is 11.8. The first kappa shape index (κ1) is 27.0. The minimum absolute atomic E-state index is 0.0552. The Kier molecular flexibility index (Phi) is 9.17. The molecule has 2 aliphatic carbocycles. The molecule has 0 aliphatic heterocycles. The molecule has 0 bridgehead atoms. The van der Waals surface area contributed by atoms with Crippen molar-refractivity contribution in [2.75, 3.05) is 5.32 Å². The van der Waals surface area contributed by atoms with Crippen LogP contribution in [0.15, 0.2) is 35.5 Å². The number of alkyl halides is 3. The van der Waals surface area contributed by atoms with E-state index in [0.717, 1.165) is 12.0 Å². The maximum atomic E-state index is 13.9. The van der Waals surface area contributed by atoms with Gasteiger partial charge in [-0.1, -0.05) is 0 Å². The summed E-state index contributed by atoms with van der Waals surface area (Å²) < 4.78 is 56.2. The fraction of sp³-hybridized carbons (Fsp3) is 0.522. The summed E-state index contributed by atoms with van der Waals surface area (Å²) in [5.41, 5.74) is 6.29. The average Bonchev–Trinajstić information content (AvgIpc) is 3.40. The molecule has 2 aromatic rings. The van der Waals surface area contributed by atoms with Crippen LogP contribution in [0.2, 0.25) is 0 Å². The van der Waals surface area contributed by atoms with Gasteiger partial charge < -0.3 is 21.1 Å². The van der Waals surface area contributed by atoms with Gasteiger partial charge in [-0.2, -0.15) is 13.2 Å². The molecule has 4 rings (SSSR count). The number of aromatic nitrogens is 2. The lowest BCUT2D eigenvalue weighted by atomic mass is 10.0. The van der Waals surface area contributed by atoms with Gasteiger partial charge >= 0.3 is 12.3 Å². The summed E-state index contributed by atoms with van der Waals surface area (Å²) in [6.45, 7) is 1.28. The van der Waals surface area contributed by atoms with E-state index in [4.69, 9.17) is 10.5 Å². The molecule has 7 nitrogen and oxygen atoms in total. The van der Waals surface area contributed by atoms with Crippen LogP contribution in [0.1, 0.15) is 56.9 Å². The molecule has 1 aromatic heterocycles. The molecule has 1 heterocycles. The smallest absolute Gasteiger partial charge is 0.407 e. The average molecular weight is 516 g/mol. The molecule has 2 saturated carbocycles. The van der Waals surface area contributed by atoms with Crippen LogP contribution >= 0.6 is 12.6 Å². The Balaban J connectivity index is 0.000000775. The molecule has 2 fully saturated rings. The lowest BCUT2D eigenvalue weighted by molar-refractivity contribution is -0.138. The molecular weight excluding hydrogens is 486 g/mol. The molecule has 12 heteroatoms. The van der Waals surface area contributed by atoms with Crippen LogP contribution in [0.25, 0.3) is 0 Å². The molecule has 1 aromatic carbocycles. The summed E-state index contributed by atoms with van der Waals surface area (Å²) in [6.07, 6.45) is 0.899. The van der Waals surface area contributed by atoms with E-state index in [9.17, 15) is 22.4 Å². The summed E-state index contributed by atoms with van der Waals surface area (Å²) >= 11 is 4.07. The Hall–Kier alpha value is -2.60. The maximum absolute atomic E-state index is 13.9. The van der Waals surface area contributed by atoms with Gasteiger partial charge in [0.05, 0.1) is 12.1 Å². The molecule has 2 aliphatic rings. The number of benzene rings is 1. The standard InChI is InChI=1S/C20H22F4N4O2S.C3H7N/c1-11(8-20(22,23)24)27-19(29)30-14-3-2-12(6-14)13-9-25-18(26-10-13)28-17-5-4-15(31)7-16(17)21;4-3-1-2-3/h4-5,7,9-12,14,31H,2-3,6,8H2,1H3,(H,27,29)(H,25,26,28);3H,1-2,4H2. The quantitative estimate of drug-likeness (QED) is 0.301. The summed E-state index contributed by atoms with van der Waals surface area (Å²) in [5, 5.41) is 5.00. The molecule has 1 amide bonds. The van der Waals surface area contributed by atoms with Gasteiger partial charge in [0.25, 0.3) is 0 Å². The molecule has 192 valence electrons. The minimum Gasteiger partial charge on any atom is -0.446 e. The van der Waals surface area contributed by atoms with E-state index < -0.39 is 36.7 Å². The maximum Gasteiger partial charge on any atom is 0.407 e. The van der Waals surface area contributed by atoms with Gasteiger partial charge in [0.2, 0.25) is 5.95 Å². The van der Waals surface area contributed by atoms with E-state index in [2.05, 4.69) is 33.2 Å². The number of thiol groups is 1. The van der Waals surface area contributed by atoms with Crippen LogP contribution in [-0.4, -0.2) is 40.4 Å². The Morgan fingerprint density at radius 1 is 1.23 bits per heavy atom. The Bertz CT molecular complexity index is 989. The number of carbonyl (C=O) groups excluding carboxylic acids is 1. The zero-order valence-corrected chi connectivity index (χ0v) is 20.1. The van der Waals surface area contributed by atoms with Crippen molar-refractivity contribution >= 4 is 30.4 Å². The van der Waals surface area contributed by atoms with Crippen molar-refractivity contribution in [2.24, 2.45) is 5.73 Å². The van der Waals surface area contributed by atoms with Gasteiger partial charge in [0, 0.05) is 29.4 Å². The van der Waals surface area contributed by atoms with Gasteiger partial charge in [-0.3, -0.25) is 0 Å². The highest BCUT2D eigenvalue weighted by atomic mass is 32.1. The van der Waals surface area contributed by atoms with Crippen LogP contribution in [-0.2, 0) is 4.74 Å². The van der Waals surface area contributed by atoms with Crippen molar-refractivity contribution in [3.63, 3.8) is 0 Å². The van der Waals surface area contributed by atoms with E-state index in [1.165, 1.54) is 31.9 Å². The number of nitrogens with zero attached hydrogens (tertiary/aromatic N) is 2. The Morgan fingerprint density at radius 3 is 2.46 bits per heavy atom. The summed E-state index contributed by atoms with van der Waals surface area (Å²) in [7, 11) is 0. The number of nitrogens with two attached hydrogens (primary N) is 1. The minimum atomic E-state index is -4.35. The number of alkyl carbamates (subject to hydrolysis) is 1. The third-order valence-corrected chi connectivity index (χ3v) is 5.80. The van der Waals surface area contributed by atoms with Crippen LogP contribution < -0.4 is 16.4 Å². The van der Waals surface area contributed by atoms with E-state index in [1.807, 2.05) is 0 Å². The SMILES string of the molecule is CC(CC(F)(F)F)NC(=O)OC1CCC(c2cnc(Nc3ccc(S)cc3F)nc2)C1.NC1CC1. The van der Waals surface area contributed by atoms with Crippen LogP contribution in [0.3, 0.4) is 0 Å². The first-order valence-electron chi connectivity index (χ1n) is 11.4. The molecule has 0 saturated heterocycles. The monoisotopic (exact) mass is 515 g/mol. The number of amides is 1. The van der Waals surface area contributed by atoms with E-state index in [0.29, 0.717) is 23.8 Å². The third-order valence-electron chi connectivity index (χ3n) is 5.52. The highest BCUT2D eigenvalue weighted by Gasteiger charge is 2.32. The predicted molar refractivity (Wildman–Crippen MR) is 126 cm³/mol. The van der Waals surface area contributed by atoms with Crippen molar-refractivity contribution in [1.29, 1.82) is 0 Å². The van der Waals surface area contributed by atoms with Crippen molar-refractivity contribution < 1.29 is 27.1 Å². The lowest BCUT2D eigenvalue weighted by Gasteiger charge is -2.18. The van der Waals surface area contributed by atoms with Crippen molar-refractivity contribution in [2.45, 2.75) is 80.6 Å². The first-order chi connectivity index (χ1) is 16.5. The van der Waals surface area contributed by atoms with Crippen LogP contribution in [0.4, 0.5) is 34.0 Å². The number of nitrogens with one attached hydrogen (secondary N) is 2. The Labute approximate surface area is 206 Å². The number of hydrogen-bond acceptors (Lipinski definition) is 7. The largest absolute Gasteiger partial charge is 0.446 e. The van der Waals surface area contributed by atoms with Gasteiger partial charge in [0.15, 0.2) is 0 Å². The summed E-state index contributed by atoms with van der Waals surface area (Å²) in [5.74, 6) is -0.183. The van der Waals surface area contributed by atoms with Crippen LogP contribution in [0, 0.1) is 5.82 Å². The molecule has 3 unspecified atom stereocenters. The Morgan fingerprint density at radius 2 is 1.89 bits per heavy atom. The summed E-state index contributed by atoms with van der Waals surface area (Å²) in [6, 6.07) is 3.97. The van der Waals surface area contributed by atoms with E-state index >= 15 is 0 Å². The zero-order chi connectivity index (χ0) is 25.6. The van der Waals surface area contributed by atoms with Gasteiger partial charge in [-0.05, 0) is 68.7 Å². The van der Waals surface area contributed by atoms with Gasteiger partial charge in [-0.15, -0.1) is 12.6 Å². The number of carbonyl (C=O) groups is 1. The van der Waals surface area contributed by atoms with Crippen molar-refractivity contribution in [1.82, 2.24) is 15.3 Å². The number of hydrogen-bond donors (Lipinski definition) is 4. The predicted octanol–water partition coefficient (Wildman–Crippen LogP) is 5.46. The fourth-order valence-electron chi connectivity index (χ4n) is 3.57. The molecule has 4 N–H and O–H groups in total. The molecular formula is C23H29F4N5O2S. The molecule has 35 heavy (non-hydrogen) atoms. The van der Waals surface area contributed by atoms with Gasteiger partial charge in [-0.25, -0.2) is 19.2 Å². The second-order valence-corrected chi connectivity index (χ2v) is 9.38. The highest BCUT2D eigenvalue weighted by molar-refractivity contribution is 7.80. The topological polar surface area (TPSA) is 102 Å². The number of rotatable bonds is 6. The number of anilines is 2. The summed E-state index contributed by atoms with van der Waals surface area (Å²) in [4.78, 5) is 20.8. The third kappa shape index (κ3) is 9.52. The number of ether oxygens (including phenoxy) is 1. The normalized spacial score (nSPS) is 20.4. The second-order valence-electron chi connectivity index (χ2n) is 8.87. The molecule has 0 spiro atoms. The highest BCUT2D eigenvalue weighted by Crippen LogP contribution is 2.36. The molecule has 3 atom stereocenters. The van der Waals surface area contributed by atoms with Gasteiger partial charge in [0.1, 0.15) is 11.9 Å². The van der Waals surface area contributed by atoms with E-state index in [1.54, 1.807) is 18.5 Å².